The summed E-state index contributed by atoms with van der Waals surface area (Å²) < 4.78 is 30.7. The summed E-state index contributed by atoms with van der Waals surface area (Å²) >= 11 is 0. The molecule has 1 aromatic heterocycles. The normalized spacial score (nSPS) is 17.4. The minimum absolute atomic E-state index is 0.0411. The van der Waals surface area contributed by atoms with Crippen LogP contribution in [-0.4, -0.2) is 65.4 Å². The van der Waals surface area contributed by atoms with Crippen LogP contribution in [0, 0.1) is 6.92 Å². The van der Waals surface area contributed by atoms with Crippen molar-refractivity contribution >= 4 is 32.7 Å². The number of imidazole rings is 1. The van der Waals surface area contributed by atoms with Gasteiger partial charge in [-0.3, -0.25) is 9.36 Å². The molecule has 1 saturated heterocycles. The van der Waals surface area contributed by atoms with Crippen LogP contribution in [0.5, 0.6) is 0 Å². The molecule has 0 radical (unpaired) electrons. The van der Waals surface area contributed by atoms with Gasteiger partial charge >= 0.3 is 5.97 Å². The Kier molecular flexibility index (Phi) is 6.01. The molecule has 32 heavy (non-hydrogen) atoms. The summed E-state index contributed by atoms with van der Waals surface area (Å²) in [6.45, 7) is 3.60. The molecule has 4 rings (SSSR count). The van der Waals surface area contributed by atoms with Crippen molar-refractivity contribution in [1.82, 2.24) is 14.5 Å². The smallest absolute Gasteiger partial charge is 0.338 e. The molecular weight excluding hydrogens is 430 g/mol. The highest BCUT2D eigenvalue weighted by molar-refractivity contribution is 7.91. The molecule has 3 aromatic rings. The number of esters is 1. The van der Waals surface area contributed by atoms with Gasteiger partial charge in [0, 0.05) is 18.3 Å². The molecule has 1 aliphatic rings. The van der Waals surface area contributed by atoms with E-state index in [4.69, 9.17) is 4.74 Å². The van der Waals surface area contributed by atoms with Crippen LogP contribution < -0.4 is 0 Å². The van der Waals surface area contributed by atoms with Gasteiger partial charge in [0.25, 0.3) is 5.91 Å². The number of fused-ring (bicyclic) bond motifs is 1. The molecule has 2 aromatic carbocycles. The Morgan fingerprint density at radius 3 is 2.59 bits per heavy atom. The third kappa shape index (κ3) is 4.38. The van der Waals surface area contributed by atoms with E-state index in [2.05, 4.69) is 4.98 Å². The summed E-state index contributed by atoms with van der Waals surface area (Å²) in [6, 6.07) is 14.5. The number of rotatable bonds is 6. The maximum atomic E-state index is 12.6. The fourth-order valence-corrected chi connectivity index (χ4v) is 5.91. The summed E-state index contributed by atoms with van der Waals surface area (Å²) in [5.41, 5.74) is 2.79. The van der Waals surface area contributed by atoms with Gasteiger partial charge in [0.1, 0.15) is 5.82 Å². The van der Waals surface area contributed by atoms with Gasteiger partial charge in [-0.1, -0.05) is 18.2 Å². The second-order valence-electron chi connectivity index (χ2n) is 7.85. The number of carbonyl (C=O) groups excluding carboxylic acids is 2. The molecule has 8 nitrogen and oxygen atoms in total. The van der Waals surface area contributed by atoms with Gasteiger partial charge < -0.3 is 9.64 Å². The highest BCUT2D eigenvalue weighted by Gasteiger charge is 2.34. The molecule has 0 saturated carbocycles. The lowest BCUT2D eigenvalue weighted by Crippen LogP contribution is -2.43. The molecular formula is C23H25N3O5S. The van der Waals surface area contributed by atoms with Crippen molar-refractivity contribution in [2.75, 3.05) is 24.7 Å². The van der Waals surface area contributed by atoms with Crippen molar-refractivity contribution < 1.29 is 22.7 Å². The Hall–Kier alpha value is -3.20. The summed E-state index contributed by atoms with van der Waals surface area (Å²) in [6.07, 6.45) is 0.413. The Labute approximate surface area is 186 Å². The quantitative estimate of drug-likeness (QED) is 0.530. The van der Waals surface area contributed by atoms with Crippen molar-refractivity contribution in [2.24, 2.45) is 0 Å². The standard InChI is InChI=1S/C23H25N3O5S/c1-3-25(19-11-12-32(29,30)15-19)22(27)14-31-23(28)17-9-10-21-20(13-17)24-16(2)26(21)18-7-5-4-6-8-18/h4-10,13,19H,3,11-12,14-15H2,1-2H3/t19-/m1/s1. The number of likely N-dealkylation sites (N-methyl/N-ethyl adjacent to an activating group) is 1. The van der Waals surface area contributed by atoms with Gasteiger partial charge in [0.2, 0.25) is 0 Å². The highest BCUT2D eigenvalue weighted by atomic mass is 32.2. The van der Waals surface area contributed by atoms with Gasteiger partial charge in [0.15, 0.2) is 16.4 Å². The number of benzene rings is 2. The Balaban J connectivity index is 1.46. The number of para-hydroxylation sites is 1. The molecule has 168 valence electrons. The minimum atomic E-state index is -3.11. The number of aryl methyl sites for hydroxylation is 1. The van der Waals surface area contributed by atoms with Crippen LogP contribution in [0.3, 0.4) is 0 Å². The number of sulfone groups is 1. The zero-order valence-electron chi connectivity index (χ0n) is 18.0. The monoisotopic (exact) mass is 455 g/mol. The van der Waals surface area contributed by atoms with Crippen molar-refractivity contribution in [3.8, 4) is 5.69 Å². The van der Waals surface area contributed by atoms with E-state index in [1.54, 1.807) is 19.1 Å². The van der Waals surface area contributed by atoms with Gasteiger partial charge in [-0.05, 0) is 50.6 Å². The highest BCUT2D eigenvalue weighted by Crippen LogP contribution is 2.23. The summed E-state index contributed by atoms with van der Waals surface area (Å²) in [5.74, 6) is -0.191. The molecule has 1 amide bonds. The first-order valence-corrected chi connectivity index (χ1v) is 12.3. The Bertz CT molecular complexity index is 1270. The van der Waals surface area contributed by atoms with Crippen molar-refractivity contribution in [3.63, 3.8) is 0 Å². The fraction of sp³-hybridized carbons (Fsp3) is 0.348. The Morgan fingerprint density at radius 2 is 1.94 bits per heavy atom. The first kappa shape index (κ1) is 22.0. The maximum Gasteiger partial charge on any atom is 0.338 e. The van der Waals surface area contributed by atoms with Gasteiger partial charge in [0.05, 0.1) is 28.1 Å². The average Bonchev–Trinajstić information content (AvgIpc) is 3.30. The third-order valence-electron chi connectivity index (χ3n) is 5.71. The lowest BCUT2D eigenvalue weighted by Gasteiger charge is -2.26. The lowest BCUT2D eigenvalue weighted by atomic mass is 10.2. The molecule has 0 spiro atoms. The zero-order valence-corrected chi connectivity index (χ0v) is 18.8. The van der Waals surface area contributed by atoms with Crippen LogP contribution in [0.25, 0.3) is 16.7 Å². The molecule has 9 heteroatoms. The average molecular weight is 456 g/mol. The van der Waals surface area contributed by atoms with Crippen LogP contribution >= 0.6 is 0 Å². The number of amides is 1. The first-order valence-electron chi connectivity index (χ1n) is 10.5. The van der Waals surface area contributed by atoms with E-state index in [0.717, 1.165) is 17.0 Å². The zero-order chi connectivity index (χ0) is 22.9. The Morgan fingerprint density at radius 1 is 1.19 bits per heavy atom. The maximum absolute atomic E-state index is 12.6. The minimum Gasteiger partial charge on any atom is -0.452 e. The first-order chi connectivity index (χ1) is 15.3. The van der Waals surface area contributed by atoms with Gasteiger partial charge in [-0.2, -0.15) is 0 Å². The number of carbonyl (C=O) groups is 2. The molecule has 0 bridgehead atoms. The van der Waals surface area contributed by atoms with E-state index in [1.807, 2.05) is 47.9 Å². The molecule has 1 fully saturated rings. The van der Waals surface area contributed by atoms with Crippen molar-refractivity contribution in [1.29, 1.82) is 0 Å². The second-order valence-corrected chi connectivity index (χ2v) is 10.1. The van der Waals surface area contributed by atoms with E-state index in [9.17, 15) is 18.0 Å². The molecule has 2 heterocycles. The van der Waals surface area contributed by atoms with Crippen LogP contribution in [0.4, 0.5) is 0 Å². The molecule has 1 aliphatic heterocycles. The van der Waals surface area contributed by atoms with Gasteiger partial charge in [-0.15, -0.1) is 0 Å². The van der Waals surface area contributed by atoms with E-state index in [0.29, 0.717) is 24.0 Å². The second kappa shape index (κ2) is 8.74. The van der Waals surface area contributed by atoms with E-state index in [1.165, 1.54) is 4.90 Å². The molecule has 1 atom stereocenters. The largest absolute Gasteiger partial charge is 0.452 e. The van der Waals surface area contributed by atoms with Crippen molar-refractivity contribution in [2.45, 2.75) is 26.3 Å². The number of hydrogen-bond donors (Lipinski definition) is 0. The van der Waals surface area contributed by atoms with E-state index in [-0.39, 0.29) is 17.5 Å². The lowest BCUT2D eigenvalue weighted by molar-refractivity contribution is -0.136. The van der Waals surface area contributed by atoms with E-state index < -0.39 is 28.3 Å². The summed E-state index contributed by atoms with van der Waals surface area (Å²) in [7, 11) is -3.11. The van der Waals surface area contributed by atoms with E-state index >= 15 is 0 Å². The molecule has 0 unspecified atom stereocenters. The van der Waals surface area contributed by atoms with Crippen LogP contribution in [0.2, 0.25) is 0 Å². The molecule has 0 N–H and O–H groups in total. The number of hydrogen-bond acceptors (Lipinski definition) is 6. The predicted molar refractivity (Wildman–Crippen MR) is 121 cm³/mol. The third-order valence-corrected chi connectivity index (χ3v) is 7.46. The summed E-state index contributed by atoms with van der Waals surface area (Å²) in [4.78, 5) is 31.2. The van der Waals surface area contributed by atoms with Crippen LogP contribution in [0.15, 0.2) is 48.5 Å². The van der Waals surface area contributed by atoms with Gasteiger partial charge in [-0.25, -0.2) is 18.2 Å². The fourth-order valence-electron chi connectivity index (χ4n) is 4.18. The van der Waals surface area contributed by atoms with Crippen LogP contribution in [-0.2, 0) is 19.4 Å². The number of nitrogens with zero attached hydrogens (tertiary/aromatic N) is 3. The number of aromatic nitrogens is 2. The van der Waals surface area contributed by atoms with Crippen molar-refractivity contribution in [3.05, 3.63) is 59.9 Å². The molecule has 0 aliphatic carbocycles. The van der Waals surface area contributed by atoms with Crippen LogP contribution in [0.1, 0.15) is 29.5 Å². The SMILES string of the molecule is CCN(C(=O)COC(=O)c1ccc2c(c1)nc(C)n2-c1ccccc1)[C@@H]1CCS(=O)(=O)C1. The number of ether oxygens (including phenoxy) is 1. The predicted octanol–water partition coefficient (Wildman–Crippen LogP) is 2.53. The topological polar surface area (TPSA) is 98.6 Å². The summed E-state index contributed by atoms with van der Waals surface area (Å²) in [5, 5.41) is 0.